The Morgan fingerprint density at radius 3 is 2.78 bits per heavy atom. The Morgan fingerprint density at radius 1 is 1.08 bits per heavy atom. The summed E-state index contributed by atoms with van der Waals surface area (Å²) in [5, 5.41) is 1.29. The first-order chi connectivity index (χ1) is 17.6. The summed E-state index contributed by atoms with van der Waals surface area (Å²) in [6.07, 6.45) is 10.5. The van der Waals surface area contributed by atoms with Crippen molar-refractivity contribution in [2.45, 2.75) is 57.5 Å². The highest BCUT2D eigenvalue weighted by Gasteiger charge is 2.24. The lowest BCUT2D eigenvalue weighted by Crippen LogP contribution is -2.41. The van der Waals surface area contributed by atoms with Crippen molar-refractivity contribution in [3.63, 3.8) is 0 Å². The molecule has 1 aliphatic carbocycles. The van der Waals surface area contributed by atoms with Crippen LogP contribution < -0.4 is 10.6 Å². The van der Waals surface area contributed by atoms with Crippen LogP contribution in [0.25, 0.3) is 16.6 Å². The zero-order valence-corrected chi connectivity index (χ0v) is 21.6. The van der Waals surface area contributed by atoms with E-state index in [-0.39, 0.29) is 6.04 Å². The fraction of sp³-hybridized carbons (Fsp3) is 0.452. The lowest BCUT2D eigenvalue weighted by atomic mass is 9.99. The monoisotopic (exact) mass is 481 g/mol. The molecule has 0 amide bonds. The predicted molar refractivity (Wildman–Crippen MR) is 152 cm³/mol. The fourth-order valence-corrected chi connectivity index (χ4v) is 6.02. The van der Waals surface area contributed by atoms with E-state index in [9.17, 15) is 0 Å². The van der Waals surface area contributed by atoms with Crippen LogP contribution in [-0.4, -0.2) is 48.4 Å². The number of likely N-dealkylation sites (tertiary alicyclic amines) is 1. The first kappa shape index (κ1) is 23.4. The molecule has 1 unspecified atom stereocenters. The Balaban J connectivity index is 1.40. The number of aliphatic imine (C=N–C) groups is 1. The largest absolute Gasteiger partial charge is 0.373 e. The van der Waals surface area contributed by atoms with Gasteiger partial charge in [0.1, 0.15) is 0 Å². The van der Waals surface area contributed by atoms with Crippen LogP contribution in [0.1, 0.15) is 55.3 Å². The molecule has 0 radical (unpaired) electrons. The van der Waals surface area contributed by atoms with Gasteiger partial charge < -0.3 is 20.1 Å². The third kappa shape index (κ3) is 4.69. The highest BCUT2D eigenvalue weighted by atomic mass is 15.2. The van der Waals surface area contributed by atoms with Crippen LogP contribution in [0.2, 0.25) is 0 Å². The van der Waals surface area contributed by atoms with Gasteiger partial charge in [-0.3, -0.25) is 4.99 Å². The predicted octanol–water partition coefficient (Wildman–Crippen LogP) is 5.97. The van der Waals surface area contributed by atoms with Crippen LogP contribution in [0.5, 0.6) is 0 Å². The Kier molecular flexibility index (Phi) is 6.34. The van der Waals surface area contributed by atoms with E-state index in [1.54, 1.807) is 0 Å². The molecule has 2 aromatic carbocycles. The number of hydrogen-bond acceptors (Lipinski definition) is 4. The molecule has 2 aliphatic heterocycles. The SMILES string of the molecule is C=C(c1cc2c(c(/N=C/c3cc4ccccc4n3CC3CC3)c1)N(C)CCCC2)N1CCCC(N)C1. The number of fused-ring (bicyclic) bond motifs is 2. The molecule has 1 saturated heterocycles. The maximum Gasteiger partial charge on any atom is 0.0873 e. The number of rotatable bonds is 6. The van der Waals surface area contributed by atoms with Crippen LogP contribution >= 0.6 is 0 Å². The summed E-state index contributed by atoms with van der Waals surface area (Å²) < 4.78 is 2.47. The summed E-state index contributed by atoms with van der Waals surface area (Å²) >= 11 is 0. The minimum Gasteiger partial charge on any atom is -0.373 e. The summed E-state index contributed by atoms with van der Waals surface area (Å²) in [5.41, 5.74) is 14.8. The van der Waals surface area contributed by atoms with Gasteiger partial charge in [-0.25, -0.2) is 0 Å². The van der Waals surface area contributed by atoms with E-state index in [0.29, 0.717) is 0 Å². The molecule has 1 saturated carbocycles. The molecule has 2 fully saturated rings. The van der Waals surface area contributed by atoms with Crippen LogP contribution in [0, 0.1) is 5.92 Å². The molecule has 0 bridgehead atoms. The maximum atomic E-state index is 6.30. The number of aryl methyl sites for hydroxylation is 1. The molecule has 6 rings (SSSR count). The van der Waals surface area contributed by atoms with Crippen LogP contribution in [0.15, 0.2) is 54.0 Å². The van der Waals surface area contributed by atoms with Gasteiger partial charge in [0, 0.05) is 55.9 Å². The first-order valence-corrected chi connectivity index (χ1v) is 13.8. The van der Waals surface area contributed by atoms with Crippen LogP contribution in [0.4, 0.5) is 11.4 Å². The van der Waals surface area contributed by atoms with Crippen molar-refractivity contribution in [3.8, 4) is 0 Å². The number of benzene rings is 2. The van der Waals surface area contributed by atoms with E-state index in [0.717, 1.165) is 62.7 Å². The number of piperidine rings is 1. The van der Waals surface area contributed by atoms with Crippen LogP contribution in [-0.2, 0) is 13.0 Å². The second-order valence-electron chi connectivity index (χ2n) is 11.1. The van der Waals surface area contributed by atoms with E-state index < -0.39 is 0 Å². The number of hydrogen-bond donors (Lipinski definition) is 1. The number of aromatic nitrogens is 1. The fourth-order valence-electron chi connectivity index (χ4n) is 6.02. The van der Waals surface area contributed by atoms with Gasteiger partial charge in [-0.05, 0) is 86.3 Å². The molecule has 2 N–H and O–H groups in total. The summed E-state index contributed by atoms with van der Waals surface area (Å²) in [6, 6.07) is 15.9. The van der Waals surface area contributed by atoms with Gasteiger partial charge in [-0.2, -0.15) is 0 Å². The summed E-state index contributed by atoms with van der Waals surface area (Å²) in [5.74, 6) is 0.804. The van der Waals surface area contributed by atoms with Crippen molar-refractivity contribution in [1.29, 1.82) is 0 Å². The van der Waals surface area contributed by atoms with Crippen molar-refractivity contribution in [1.82, 2.24) is 9.47 Å². The maximum absolute atomic E-state index is 6.30. The number of nitrogens with two attached hydrogens (primary N) is 1. The van der Waals surface area contributed by atoms with E-state index >= 15 is 0 Å². The molecular formula is C31H39N5. The molecule has 188 valence electrons. The van der Waals surface area contributed by atoms with Crippen molar-refractivity contribution in [2.75, 3.05) is 31.6 Å². The van der Waals surface area contributed by atoms with Gasteiger partial charge in [-0.1, -0.05) is 24.8 Å². The van der Waals surface area contributed by atoms with Crippen molar-refractivity contribution < 1.29 is 0 Å². The van der Waals surface area contributed by atoms with E-state index in [1.165, 1.54) is 59.1 Å². The van der Waals surface area contributed by atoms with Crippen molar-refractivity contribution in [2.24, 2.45) is 16.6 Å². The number of para-hydroxylation sites is 1. The lowest BCUT2D eigenvalue weighted by Gasteiger charge is -2.34. The Labute approximate surface area is 215 Å². The molecule has 1 aromatic heterocycles. The number of nitrogens with zero attached hydrogens (tertiary/aromatic N) is 4. The molecule has 3 aliphatic rings. The Morgan fingerprint density at radius 2 is 1.94 bits per heavy atom. The zero-order chi connectivity index (χ0) is 24.6. The molecule has 5 heteroatoms. The molecule has 36 heavy (non-hydrogen) atoms. The van der Waals surface area contributed by atoms with E-state index in [4.69, 9.17) is 10.7 Å². The van der Waals surface area contributed by atoms with Gasteiger partial charge in [0.2, 0.25) is 0 Å². The third-order valence-electron chi connectivity index (χ3n) is 8.23. The normalized spacial score (nSPS) is 20.7. The minimum atomic E-state index is 0.230. The highest BCUT2D eigenvalue weighted by molar-refractivity contribution is 5.92. The Bertz CT molecular complexity index is 1300. The van der Waals surface area contributed by atoms with Gasteiger partial charge in [-0.15, -0.1) is 0 Å². The molecule has 0 spiro atoms. The second-order valence-corrected chi connectivity index (χ2v) is 11.1. The van der Waals surface area contributed by atoms with Gasteiger partial charge >= 0.3 is 0 Å². The van der Waals surface area contributed by atoms with Gasteiger partial charge in [0.05, 0.1) is 23.3 Å². The van der Waals surface area contributed by atoms with Crippen molar-refractivity contribution >= 4 is 34.2 Å². The van der Waals surface area contributed by atoms with Gasteiger partial charge in [0.15, 0.2) is 0 Å². The quantitative estimate of drug-likeness (QED) is 0.442. The van der Waals surface area contributed by atoms with Crippen LogP contribution in [0.3, 0.4) is 0 Å². The summed E-state index contributed by atoms with van der Waals surface area (Å²) in [6.45, 7) is 8.58. The molecule has 3 aromatic rings. The minimum absolute atomic E-state index is 0.230. The standard InChI is InChI=1S/C31H39N5/c1-22(35-15-7-10-27(32)21-35)26-16-25-9-5-6-14-34(2)31(25)29(18-26)33-19-28-17-24-8-3-4-11-30(24)36(28)20-23-12-13-23/h3-4,8,11,16-19,23,27H,1,5-7,9-10,12-15,20-21,32H2,2H3/b33-19+. The molecular weight excluding hydrogens is 442 g/mol. The molecule has 3 heterocycles. The topological polar surface area (TPSA) is 49.8 Å². The summed E-state index contributed by atoms with van der Waals surface area (Å²) in [4.78, 5) is 9.97. The number of anilines is 1. The van der Waals surface area contributed by atoms with E-state index in [2.05, 4.69) is 76.7 Å². The molecule has 1 atom stereocenters. The Hall–Kier alpha value is -3.05. The average molecular weight is 482 g/mol. The average Bonchev–Trinajstić information content (AvgIpc) is 3.67. The van der Waals surface area contributed by atoms with Gasteiger partial charge in [0.25, 0.3) is 0 Å². The second kappa shape index (κ2) is 9.78. The first-order valence-electron chi connectivity index (χ1n) is 13.8. The highest BCUT2D eigenvalue weighted by Crippen LogP contribution is 2.39. The zero-order valence-electron chi connectivity index (χ0n) is 21.6. The van der Waals surface area contributed by atoms with Crippen molar-refractivity contribution in [3.05, 3.63) is 65.9 Å². The molecule has 5 nitrogen and oxygen atoms in total. The summed E-state index contributed by atoms with van der Waals surface area (Å²) in [7, 11) is 2.21. The van der Waals surface area contributed by atoms with E-state index in [1.807, 2.05) is 0 Å². The lowest BCUT2D eigenvalue weighted by molar-refractivity contribution is 0.296. The smallest absolute Gasteiger partial charge is 0.0873 e. The third-order valence-corrected chi connectivity index (χ3v) is 8.23.